The van der Waals surface area contributed by atoms with Gasteiger partial charge in [-0.2, -0.15) is 0 Å². The number of benzene rings is 1. The Kier molecular flexibility index (Phi) is 4.66. The molecule has 2 aliphatic carbocycles. The molecule has 138 valence electrons. The molecule has 1 heterocycles. The van der Waals surface area contributed by atoms with E-state index in [2.05, 4.69) is 17.2 Å². The first-order chi connectivity index (χ1) is 12.6. The molecule has 0 spiro atoms. The minimum Gasteiger partial charge on any atom is -0.454 e. The normalized spacial score (nSPS) is 25.3. The van der Waals surface area contributed by atoms with E-state index in [0.29, 0.717) is 5.92 Å². The fraction of sp³-hybridized carbons (Fsp3) is 0.550. The predicted octanol–water partition coefficient (Wildman–Crippen LogP) is 2.52. The van der Waals surface area contributed by atoms with Crippen LogP contribution >= 0.6 is 0 Å². The van der Waals surface area contributed by atoms with Gasteiger partial charge in [0.25, 0.3) is 5.91 Å². The number of nitrogens with zero attached hydrogens (tertiary/aromatic N) is 2. The predicted molar refractivity (Wildman–Crippen MR) is 97.2 cm³/mol. The van der Waals surface area contributed by atoms with Crippen LogP contribution in [0.5, 0.6) is 0 Å². The number of para-hydroxylation sites is 2. The molecule has 4 rings (SSSR count). The van der Waals surface area contributed by atoms with Gasteiger partial charge in [0.15, 0.2) is 6.61 Å². The van der Waals surface area contributed by atoms with E-state index in [0.717, 1.165) is 22.9 Å². The molecule has 2 bridgehead atoms. The molecule has 0 radical (unpaired) electrons. The lowest BCUT2D eigenvalue weighted by Gasteiger charge is -2.28. The molecule has 0 unspecified atom stereocenters. The first-order valence-electron chi connectivity index (χ1n) is 9.45. The van der Waals surface area contributed by atoms with Crippen LogP contribution in [0.3, 0.4) is 0 Å². The number of ether oxygens (including phenoxy) is 1. The van der Waals surface area contributed by atoms with Crippen molar-refractivity contribution in [1.82, 2.24) is 14.9 Å². The van der Waals surface area contributed by atoms with Crippen molar-refractivity contribution < 1.29 is 14.3 Å². The third-order valence-electron chi connectivity index (χ3n) is 6.01. The lowest BCUT2D eigenvalue weighted by molar-refractivity contribution is -0.149. The first kappa shape index (κ1) is 17.1. The number of fused-ring (bicyclic) bond motifs is 3. The third kappa shape index (κ3) is 3.45. The van der Waals surface area contributed by atoms with Gasteiger partial charge in [-0.05, 0) is 56.1 Å². The largest absolute Gasteiger partial charge is 0.454 e. The van der Waals surface area contributed by atoms with Crippen molar-refractivity contribution in [2.75, 3.05) is 6.61 Å². The van der Waals surface area contributed by atoms with Crippen LogP contribution in [-0.4, -0.2) is 34.1 Å². The highest BCUT2D eigenvalue weighted by atomic mass is 16.5. The molecule has 2 fully saturated rings. The lowest BCUT2D eigenvalue weighted by atomic mass is 9.84. The molecule has 2 aromatic rings. The van der Waals surface area contributed by atoms with Crippen molar-refractivity contribution in [2.45, 2.75) is 45.2 Å². The van der Waals surface area contributed by atoms with Crippen molar-refractivity contribution in [3.05, 3.63) is 30.6 Å². The molecule has 1 aromatic carbocycles. The van der Waals surface area contributed by atoms with Gasteiger partial charge in [-0.1, -0.05) is 18.6 Å². The highest BCUT2D eigenvalue weighted by Gasteiger charge is 2.42. The second-order valence-corrected chi connectivity index (χ2v) is 7.72. The van der Waals surface area contributed by atoms with Gasteiger partial charge in [0.1, 0.15) is 6.54 Å². The molecular formula is C20H25N3O3. The Morgan fingerprint density at radius 2 is 2.15 bits per heavy atom. The molecule has 6 nitrogen and oxygen atoms in total. The molecule has 2 saturated carbocycles. The maximum atomic E-state index is 12.1. The monoisotopic (exact) mass is 355 g/mol. The summed E-state index contributed by atoms with van der Waals surface area (Å²) in [4.78, 5) is 28.4. The Morgan fingerprint density at radius 3 is 2.92 bits per heavy atom. The summed E-state index contributed by atoms with van der Waals surface area (Å²) in [6.45, 7) is 1.90. The highest BCUT2D eigenvalue weighted by molar-refractivity contribution is 5.82. The van der Waals surface area contributed by atoms with Crippen LogP contribution in [0.2, 0.25) is 0 Å². The number of aromatic nitrogens is 2. The Balaban J connectivity index is 1.24. The number of carbonyl (C=O) groups is 2. The van der Waals surface area contributed by atoms with Crippen LogP contribution in [0.1, 0.15) is 32.6 Å². The Morgan fingerprint density at radius 1 is 1.31 bits per heavy atom. The molecule has 1 amide bonds. The van der Waals surface area contributed by atoms with E-state index < -0.39 is 5.97 Å². The number of amides is 1. The van der Waals surface area contributed by atoms with Crippen LogP contribution in [0, 0.1) is 17.8 Å². The van der Waals surface area contributed by atoms with Gasteiger partial charge in [-0.15, -0.1) is 0 Å². The average Bonchev–Trinajstić information content (AvgIpc) is 3.36. The van der Waals surface area contributed by atoms with E-state index in [1.54, 1.807) is 10.9 Å². The van der Waals surface area contributed by atoms with Gasteiger partial charge in [0.2, 0.25) is 0 Å². The summed E-state index contributed by atoms with van der Waals surface area (Å²) in [6.07, 6.45) is 6.80. The zero-order valence-electron chi connectivity index (χ0n) is 15.1. The van der Waals surface area contributed by atoms with E-state index in [9.17, 15) is 9.59 Å². The number of carbonyl (C=O) groups excluding carboxylic acids is 2. The summed E-state index contributed by atoms with van der Waals surface area (Å²) >= 11 is 0. The summed E-state index contributed by atoms with van der Waals surface area (Å²) in [7, 11) is 0. The quantitative estimate of drug-likeness (QED) is 0.808. The summed E-state index contributed by atoms with van der Waals surface area (Å²) in [5, 5.41) is 3.02. The number of hydrogen-bond donors (Lipinski definition) is 1. The second-order valence-electron chi connectivity index (χ2n) is 7.72. The second kappa shape index (κ2) is 7.09. The van der Waals surface area contributed by atoms with Crippen molar-refractivity contribution >= 4 is 22.9 Å². The van der Waals surface area contributed by atoms with Crippen LogP contribution in [0.4, 0.5) is 0 Å². The minimum atomic E-state index is -0.434. The number of imidazole rings is 1. The molecule has 26 heavy (non-hydrogen) atoms. The van der Waals surface area contributed by atoms with E-state index in [-0.39, 0.29) is 25.1 Å². The van der Waals surface area contributed by atoms with Gasteiger partial charge in [0, 0.05) is 6.04 Å². The Bertz CT molecular complexity index is 815. The van der Waals surface area contributed by atoms with Crippen molar-refractivity contribution in [3.63, 3.8) is 0 Å². The number of hydrogen-bond acceptors (Lipinski definition) is 4. The fourth-order valence-electron chi connectivity index (χ4n) is 4.78. The topological polar surface area (TPSA) is 73.2 Å². The maximum Gasteiger partial charge on any atom is 0.326 e. The highest BCUT2D eigenvalue weighted by Crippen LogP contribution is 2.49. The number of rotatable bonds is 6. The van der Waals surface area contributed by atoms with Crippen LogP contribution in [0.15, 0.2) is 30.6 Å². The van der Waals surface area contributed by atoms with Gasteiger partial charge < -0.3 is 14.6 Å². The van der Waals surface area contributed by atoms with Crippen molar-refractivity contribution in [2.24, 2.45) is 17.8 Å². The summed E-state index contributed by atoms with van der Waals surface area (Å²) in [5.74, 6) is 1.53. The molecule has 1 N–H and O–H groups in total. The van der Waals surface area contributed by atoms with Gasteiger partial charge in [-0.3, -0.25) is 9.59 Å². The van der Waals surface area contributed by atoms with E-state index in [1.807, 2.05) is 24.3 Å². The van der Waals surface area contributed by atoms with Crippen LogP contribution < -0.4 is 5.32 Å². The summed E-state index contributed by atoms with van der Waals surface area (Å²) in [6, 6.07) is 7.74. The minimum absolute atomic E-state index is 0.0513. The van der Waals surface area contributed by atoms with Crippen LogP contribution in [0.25, 0.3) is 11.0 Å². The van der Waals surface area contributed by atoms with Gasteiger partial charge >= 0.3 is 5.97 Å². The van der Waals surface area contributed by atoms with Gasteiger partial charge in [0.05, 0.1) is 17.4 Å². The standard InChI is InChI=1S/C20H25N3O3/c1-13(16-9-14-6-7-15(16)8-14)22-19(24)11-26-20(25)10-23-12-21-17-4-2-3-5-18(17)23/h2-5,12-16H,6-11H2,1H3,(H,22,24)/t13-,14+,15-,16+/m0/s1. The molecule has 0 aliphatic heterocycles. The molecular weight excluding hydrogens is 330 g/mol. The third-order valence-corrected chi connectivity index (χ3v) is 6.01. The molecule has 6 heteroatoms. The Labute approximate surface area is 152 Å². The van der Waals surface area contributed by atoms with Gasteiger partial charge in [-0.25, -0.2) is 4.98 Å². The zero-order chi connectivity index (χ0) is 18.1. The smallest absolute Gasteiger partial charge is 0.326 e. The molecule has 4 atom stereocenters. The average molecular weight is 355 g/mol. The maximum absolute atomic E-state index is 12.1. The fourth-order valence-corrected chi connectivity index (χ4v) is 4.78. The van der Waals surface area contributed by atoms with Crippen molar-refractivity contribution in [1.29, 1.82) is 0 Å². The number of nitrogens with one attached hydrogen (secondary N) is 1. The van der Waals surface area contributed by atoms with E-state index in [4.69, 9.17) is 4.74 Å². The number of esters is 1. The Hall–Kier alpha value is -2.37. The summed E-state index contributed by atoms with van der Waals surface area (Å²) in [5.41, 5.74) is 1.71. The lowest BCUT2D eigenvalue weighted by Crippen LogP contribution is -2.42. The van der Waals surface area contributed by atoms with Crippen LogP contribution in [-0.2, 0) is 20.9 Å². The van der Waals surface area contributed by atoms with Crippen molar-refractivity contribution in [3.8, 4) is 0 Å². The zero-order valence-corrected chi connectivity index (χ0v) is 15.1. The first-order valence-corrected chi connectivity index (χ1v) is 9.45. The van der Waals surface area contributed by atoms with E-state index in [1.165, 1.54) is 25.7 Å². The SMILES string of the molecule is C[C@H](NC(=O)COC(=O)Cn1cnc2ccccc21)[C@H]1C[C@@H]2CC[C@H]1C2. The molecule has 1 aromatic heterocycles. The molecule has 0 saturated heterocycles. The summed E-state index contributed by atoms with van der Waals surface area (Å²) < 4.78 is 6.88. The van der Waals surface area contributed by atoms with E-state index >= 15 is 0 Å². The molecule has 2 aliphatic rings.